The first-order valence-electron chi connectivity index (χ1n) is 12.2. The summed E-state index contributed by atoms with van der Waals surface area (Å²) in [5, 5.41) is 15.5. The quantitative estimate of drug-likeness (QED) is 0.256. The third-order valence-corrected chi connectivity index (χ3v) is 8.24. The largest absolute Gasteiger partial charge is 0.489 e. The number of hydrogen-bond acceptors (Lipinski definition) is 8. The van der Waals surface area contributed by atoms with Gasteiger partial charge in [-0.15, -0.1) is 0 Å². The first kappa shape index (κ1) is 25.8. The van der Waals surface area contributed by atoms with E-state index in [1.165, 1.54) is 0 Å². The summed E-state index contributed by atoms with van der Waals surface area (Å²) >= 11 is 4.72. The van der Waals surface area contributed by atoms with Gasteiger partial charge in [0.25, 0.3) is 5.24 Å². The minimum atomic E-state index is -0.684. The van der Waals surface area contributed by atoms with Crippen molar-refractivity contribution in [3.05, 3.63) is 56.9 Å². The van der Waals surface area contributed by atoms with Crippen LogP contribution in [0, 0.1) is 0 Å². The third-order valence-electron chi connectivity index (χ3n) is 6.62. The highest BCUT2D eigenvalue weighted by Gasteiger charge is 2.31. The van der Waals surface area contributed by atoms with Gasteiger partial charge in [-0.3, -0.25) is 14.9 Å². The number of imide groups is 1. The van der Waals surface area contributed by atoms with Crippen LogP contribution in [0.5, 0.6) is 5.75 Å². The molecule has 3 heterocycles. The number of nitrogens with one attached hydrogen (secondary N) is 4. The lowest BCUT2D eigenvalue weighted by molar-refractivity contribution is -0.118. The van der Waals surface area contributed by atoms with E-state index in [2.05, 4.69) is 47.5 Å². The number of amides is 2. The summed E-state index contributed by atoms with van der Waals surface area (Å²) in [6.45, 7) is 2.28. The highest BCUT2D eigenvalue weighted by molar-refractivity contribution is 9.10. The smallest absolute Gasteiger partial charge is 0.323 e. The van der Waals surface area contributed by atoms with E-state index in [-0.39, 0.29) is 28.7 Å². The first-order chi connectivity index (χ1) is 17.9. The Labute approximate surface area is 225 Å². The minimum absolute atomic E-state index is 0.118. The molecule has 0 aliphatic carbocycles. The van der Waals surface area contributed by atoms with E-state index in [0.29, 0.717) is 35.8 Å². The summed E-state index contributed by atoms with van der Waals surface area (Å²) in [6.07, 6.45) is 1.70. The number of imidazole rings is 1. The molecule has 2 saturated heterocycles. The fourth-order valence-corrected chi connectivity index (χ4v) is 6.24. The van der Waals surface area contributed by atoms with Crippen LogP contribution >= 0.6 is 27.7 Å². The Morgan fingerprint density at radius 2 is 1.97 bits per heavy atom. The minimum Gasteiger partial charge on any atom is -0.489 e. The predicted octanol–water partition coefficient (Wildman–Crippen LogP) is 2.51. The Morgan fingerprint density at radius 3 is 2.70 bits per heavy atom. The number of aliphatic hydroxyl groups is 1. The first-order valence-corrected chi connectivity index (χ1v) is 13.8. The molecule has 2 aliphatic heterocycles. The van der Waals surface area contributed by atoms with Gasteiger partial charge in [0.1, 0.15) is 24.0 Å². The molecule has 2 amide bonds. The maximum Gasteiger partial charge on any atom is 0.323 e. The third kappa shape index (κ3) is 6.20. The number of carbonyl (C=O) groups is 2. The lowest BCUT2D eigenvalue weighted by atomic mass is 10.0. The molecule has 12 heteroatoms. The molecule has 2 atom stereocenters. The van der Waals surface area contributed by atoms with Gasteiger partial charge in [-0.05, 0) is 65.0 Å². The fraction of sp³-hybridized carbons (Fsp3) is 0.400. The Kier molecular flexibility index (Phi) is 7.89. The second kappa shape index (κ2) is 11.3. The van der Waals surface area contributed by atoms with Crippen molar-refractivity contribution in [2.45, 2.75) is 36.7 Å². The predicted molar refractivity (Wildman–Crippen MR) is 146 cm³/mol. The van der Waals surface area contributed by atoms with E-state index >= 15 is 0 Å². The molecule has 2 aromatic carbocycles. The molecule has 37 heavy (non-hydrogen) atoms. The van der Waals surface area contributed by atoms with Crippen LogP contribution in [-0.2, 0) is 11.2 Å². The molecule has 0 radical (unpaired) electrons. The van der Waals surface area contributed by atoms with Crippen LogP contribution in [0.2, 0.25) is 0 Å². The van der Waals surface area contributed by atoms with Gasteiger partial charge in [-0.25, -0.2) is 4.79 Å². The highest BCUT2D eigenvalue weighted by Crippen LogP contribution is 2.31. The van der Waals surface area contributed by atoms with E-state index < -0.39 is 6.10 Å². The van der Waals surface area contributed by atoms with E-state index in [0.717, 1.165) is 53.4 Å². The Bertz CT molecular complexity index is 1350. The molecule has 10 nitrogen and oxygen atoms in total. The lowest BCUT2D eigenvalue weighted by Crippen LogP contribution is -2.45. The zero-order valence-electron chi connectivity index (χ0n) is 20.0. The van der Waals surface area contributed by atoms with Crippen molar-refractivity contribution in [3.63, 3.8) is 0 Å². The van der Waals surface area contributed by atoms with Gasteiger partial charge < -0.3 is 30.0 Å². The van der Waals surface area contributed by atoms with Crippen molar-refractivity contribution in [1.29, 1.82) is 0 Å². The summed E-state index contributed by atoms with van der Waals surface area (Å²) in [5.74, 6) is 0.300. The average Bonchev–Trinajstić information content (AvgIpc) is 3.41. The maximum absolute atomic E-state index is 11.8. The zero-order valence-corrected chi connectivity index (χ0v) is 22.4. The summed E-state index contributed by atoms with van der Waals surface area (Å²) in [5.41, 5.74) is 3.08. The summed E-state index contributed by atoms with van der Waals surface area (Å²) in [6, 6.07) is 11.7. The molecule has 3 aromatic rings. The van der Waals surface area contributed by atoms with E-state index in [9.17, 15) is 19.5 Å². The van der Waals surface area contributed by atoms with Crippen LogP contribution in [0.1, 0.15) is 18.4 Å². The number of ether oxygens (including phenoxy) is 1. The van der Waals surface area contributed by atoms with E-state index in [4.69, 9.17) is 4.74 Å². The van der Waals surface area contributed by atoms with Gasteiger partial charge in [-0.1, -0.05) is 23.9 Å². The summed E-state index contributed by atoms with van der Waals surface area (Å²) in [7, 11) is 0. The molecular weight excluding hydrogens is 562 g/mol. The molecule has 2 aliphatic rings. The molecular formula is C25H28BrN5O5S. The number of benzene rings is 2. The SMILES string of the molecule is O=C1NC(=O)C(Cc2ccc(N3CCC(NC[C@H](O)COc4cccc5[nH]c(=O)[nH]c45)CC3)c(Br)c2)S1. The Hall–Kier alpha value is -2.80. The number of piperidine rings is 1. The molecule has 1 unspecified atom stereocenters. The number of thioether (sulfide) groups is 1. The number of anilines is 1. The van der Waals surface area contributed by atoms with E-state index in [1.807, 2.05) is 12.1 Å². The average molecular weight is 591 g/mol. The number of fused-ring (bicyclic) bond motifs is 1. The van der Waals surface area contributed by atoms with Crippen LogP contribution in [0.3, 0.4) is 0 Å². The Balaban J connectivity index is 1.07. The second-order valence-electron chi connectivity index (χ2n) is 9.27. The highest BCUT2D eigenvalue weighted by atomic mass is 79.9. The van der Waals surface area contributed by atoms with Crippen molar-refractivity contribution >= 4 is 55.6 Å². The summed E-state index contributed by atoms with van der Waals surface area (Å²) < 4.78 is 6.72. The number of aromatic nitrogens is 2. The number of nitrogens with zero attached hydrogens (tertiary/aromatic N) is 1. The molecule has 5 N–H and O–H groups in total. The molecule has 0 spiro atoms. The molecule has 196 valence electrons. The number of carbonyl (C=O) groups excluding carboxylic acids is 2. The number of hydrogen-bond donors (Lipinski definition) is 5. The number of halogens is 1. The van der Waals surface area contributed by atoms with Gasteiger partial charge in [0.2, 0.25) is 5.91 Å². The molecule has 1 aromatic heterocycles. The lowest BCUT2D eigenvalue weighted by Gasteiger charge is -2.35. The number of aliphatic hydroxyl groups excluding tert-OH is 1. The number of para-hydroxylation sites is 1. The second-order valence-corrected chi connectivity index (χ2v) is 11.3. The Morgan fingerprint density at radius 1 is 1.16 bits per heavy atom. The van der Waals surface area contributed by atoms with Crippen LogP contribution < -0.4 is 26.0 Å². The van der Waals surface area contributed by atoms with Crippen LogP contribution in [0.25, 0.3) is 11.0 Å². The number of rotatable bonds is 9. The van der Waals surface area contributed by atoms with Crippen molar-refractivity contribution in [3.8, 4) is 5.75 Å². The van der Waals surface area contributed by atoms with Crippen molar-refractivity contribution in [1.82, 2.24) is 20.6 Å². The molecule has 0 bridgehead atoms. The van der Waals surface area contributed by atoms with Crippen LogP contribution in [0.15, 0.2) is 45.7 Å². The number of aromatic amines is 2. The van der Waals surface area contributed by atoms with Gasteiger partial charge in [-0.2, -0.15) is 0 Å². The van der Waals surface area contributed by atoms with Crippen LogP contribution in [0.4, 0.5) is 10.5 Å². The van der Waals surface area contributed by atoms with Crippen molar-refractivity contribution < 1.29 is 19.4 Å². The van der Waals surface area contributed by atoms with Gasteiger partial charge in [0.15, 0.2) is 0 Å². The molecule has 2 fully saturated rings. The van der Waals surface area contributed by atoms with Crippen LogP contribution in [-0.4, -0.2) is 69.9 Å². The molecule has 5 rings (SSSR count). The standard InChI is InChI=1S/C25H28BrN5O5S/c26-17-10-14(11-21-23(33)30-25(35)37-21)4-5-19(17)31-8-6-15(7-9-31)27-12-16(32)13-36-20-3-1-2-18-22(20)29-24(34)28-18/h1-5,10,15-16,21,27,32H,6-9,11-13H2,(H2,28,29,34)(H,30,33,35)/t16-,21?/m0/s1. The van der Waals surface area contributed by atoms with E-state index in [1.54, 1.807) is 18.2 Å². The van der Waals surface area contributed by atoms with Crippen molar-refractivity contribution in [2.75, 3.05) is 31.1 Å². The fourth-order valence-electron chi connectivity index (χ4n) is 4.70. The normalized spacial score (nSPS) is 19.4. The monoisotopic (exact) mass is 589 g/mol. The summed E-state index contributed by atoms with van der Waals surface area (Å²) in [4.78, 5) is 42.5. The van der Waals surface area contributed by atoms with Gasteiger partial charge >= 0.3 is 5.69 Å². The maximum atomic E-state index is 11.8. The number of H-pyrrole nitrogens is 2. The van der Waals surface area contributed by atoms with Crippen molar-refractivity contribution in [2.24, 2.45) is 0 Å². The van der Waals surface area contributed by atoms with Gasteiger partial charge in [0.05, 0.1) is 16.5 Å². The topological polar surface area (TPSA) is 140 Å². The zero-order chi connectivity index (χ0) is 25.9. The van der Waals surface area contributed by atoms with Gasteiger partial charge in [0, 0.05) is 30.1 Å². The molecule has 0 saturated carbocycles.